The zero-order valence-corrected chi connectivity index (χ0v) is 98.1. The molecule has 2 amide bonds. The normalized spacial score (nSPS) is 11.6. The topological polar surface area (TPSA) is 552 Å². The molecule has 0 aliphatic rings. The maximum atomic E-state index is 14.1. The molecule has 133 heavy (non-hydrogen) atoms. The van der Waals surface area contributed by atoms with Crippen molar-refractivity contribution in [1.29, 1.82) is 0 Å². The summed E-state index contributed by atoms with van der Waals surface area (Å²) in [7, 11) is 8.39. The van der Waals surface area contributed by atoms with E-state index in [1.165, 1.54) is 99.8 Å². The first-order chi connectivity index (χ1) is 62.6. The Bertz CT molecular complexity index is 6170. The van der Waals surface area contributed by atoms with Crippen molar-refractivity contribution in [3.8, 4) is 51.0 Å². The van der Waals surface area contributed by atoms with Crippen molar-refractivity contribution in [2.24, 2.45) is 14.1 Å². The number of alkyl halides is 3. The van der Waals surface area contributed by atoms with Crippen LogP contribution < -0.4 is 278 Å². The van der Waals surface area contributed by atoms with Crippen LogP contribution in [-0.2, 0) is 60.6 Å². The summed E-state index contributed by atoms with van der Waals surface area (Å²) in [5.41, 5.74) is 27.3. The SMILES string of the molecule is Nc1ncc(Br)cc1O.O=CC(F)(F)F.O=CO[O-].[2H]c1nc(N)c(O)c([2H])c1Br.[2H]c1nc(N)c(OC(C)c2cc(F)ccc2C(=O)O)c([2H])c1-c1c(CN(C)C(=O)OC(C)(C)C)nn(C)c1[N+]#[C-].[2H]c1nc(N)c(OC(C)c2cc(F)ccc2C(=O)OC)c([2H])c1-c1c(CN(C)C(=O)OC(C)(C)C)nn(C)c1[N+]#[C-].[2H]c1nc(N)c(OC(C)c2cc(F)ccc2C(=O)OC)c([2H])c1Br.[Cs+].[Cs+].[Cs+].[F-].[H-].[Li+].[OH-]. The van der Waals surface area contributed by atoms with Gasteiger partial charge < -0.3 is 118 Å². The van der Waals surface area contributed by atoms with Gasteiger partial charge in [0.05, 0.1) is 69.1 Å². The Morgan fingerprint density at radius 2 is 0.887 bits per heavy atom. The number of hydrogen-bond donors (Lipinski definition) is 8. The van der Waals surface area contributed by atoms with Gasteiger partial charge >= 0.3 is 262 Å². The summed E-state index contributed by atoms with van der Waals surface area (Å²) in [6, 6.07) is 10.5. The number of benzene rings is 3. The maximum absolute atomic E-state index is 14.1. The van der Waals surface area contributed by atoms with Crippen LogP contribution in [0.2, 0.25) is 0 Å². The summed E-state index contributed by atoms with van der Waals surface area (Å²) in [6.45, 7) is 29.8. The number of hydrogen-bond acceptors (Lipinski definition) is 31. The van der Waals surface area contributed by atoms with Gasteiger partial charge in [-0.2, -0.15) is 13.2 Å². The predicted molar refractivity (Wildman–Crippen MR) is 460 cm³/mol. The molecule has 0 saturated carbocycles. The Hall–Kier alpha value is -7.48. The number of nitrogens with zero attached hydrogens (tertiary/aromatic N) is 13. The fourth-order valence-electron chi connectivity index (χ4n) is 9.90. The van der Waals surface area contributed by atoms with E-state index in [0.29, 0.717) is 4.47 Å². The molecule has 0 aliphatic carbocycles. The number of rotatable bonds is 19. The Labute approximate surface area is 984 Å². The Morgan fingerprint density at radius 1 is 0.571 bits per heavy atom. The third-order valence-electron chi connectivity index (χ3n) is 15.4. The minimum absolute atomic E-state index is 0. The molecule has 14 N–H and O–H groups in total. The molecule has 3 aromatic carbocycles. The van der Waals surface area contributed by atoms with E-state index in [-0.39, 0.29) is 427 Å². The van der Waals surface area contributed by atoms with E-state index >= 15 is 0 Å². The number of carboxylic acid groups (broad SMARTS) is 1. The second-order valence-electron chi connectivity index (χ2n) is 27.3. The molecule has 38 nitrogen and oxygen atoms in total. The number of aromatic hydroxyl groups is 2. The number of nitrogens with two attached hydrogens (primary N) is 5. The van der Waals surface area contributed by atoms with Crippen molar-refractivity contribution in [2.45, 2.75) is 111 Å². The van der Waals surface area contributed by atoms with Crippen LogP contribution in [0.3, 0.4) is 0 Å². The number of carboxylic acids is 1. The van der Waals surface area contributed by atoms with Crippen molar-refractivity contribution in [3.05, 3.63) is 214 Å². The Balaban J connectivity index is -0.000000869. The number of amides is 2. The molecule has 696 valence electrons. The minimum atomic E-state index is -4.64. The number of aromatic carboxylic acids is 1. The average molecular weight is 2420 g/mol. The van der Waals surface area contributed by atoms with Gasteiger partial charge in [0.1, 0.15) is 58.4 Å². The second-order valence-corrected chi connectivity index (χ2v) is 29.8. The molecule has 0 aliphatic heterocycles. The molecule has 0 fully saturated rings. The Morgan fingerprint density at radius 3 is 1.20 bits per heavy atom. The van der Waals surface area contributed by atoms with Gasteiger partial charge in [-0.25, -0.2) is 71.4 Å². The number of nitrogen functional groups attached to an aromatic ring is 5. The first kappa shape index (κ1) is 114. The van der Waals surface area contributed by atoms with Crippen molar-refractivity contribution in [2.75, 3.05) is 57.0 Å². The number of methoxy groups -OCH3 is 2. The van der Waals surface area contributed by atoms with Crippen LogP contribution in [0.25, 0.3) is 31.9 Å². The van der Waals surface area contributed by atoms with E-state index in [0.717, 1.165) is 42.5 Å². The molecule has 0 spiro atoms. The summed E-state index contributed by atoms with van der Waals surface area (Å²) in [4.78, 5) is 109. The number of carbonyl (C=O) groups is 7. The average Bonchev–Trinajstić information content (AvgIpc) is 1.53. The van der Waals surface area contributed by atoms with Gasteiger partial charge in [0.25, 0.3) is 18.1 Å². The van der Waals surface area contributed by atoms with Crippen LogP contribution in [0.15, 0.2) is 129 Å². The number of aldehydes is 1. The quantitative estimate of drug-likeness (QED) is 0.00766. The summed E-state index contributed by atoms with van der Waals surface area (Å²) in [5.74, 6) is -6.39. The number of ether oxygens (including phenoxy) is 7. The molecule has 0 bridgehead atoms. The minimum Gasteiger partial charge on any atom is -1.00 e. The number of anilines is 5. The molecule has 52 heteroatoms. The van der Waals surface area contributed by atoms with Crippen LogP contribution in [0.4, 0.5) is 76.7 Å². The third-order valence-corrected chi connectivity index (χ3v) is 16.6. The summed E-state index contributed by atoms with van der Waals surface area (Å²) in [5, 5.41) is 44.6. The molecule has 10 rings (SSSR count). The molecule has 0 saturated heterocycles. The summed E-state index contributed by atoms with van der Waals surface area (Å²) >= 11 is 9.09. The largest absolute Gasteiger partial charge is 1.00 e. The van der Waals surface area contributed by atoms with Gasteiger partial charge in [-0.3, -0.25) is 9.59 Å². The zero-order chi connectivity index (χ0) is 103. The van der Waals surface area contributed by atoms with Crippen LogP contribution in [0, 0.1) is 30.6 Å². The number of esters is 2. The van der Waals surface area contributed by atoms with Crippen molar-refractivity contribution >= 4 is 131 Å². The fraction of sp³-hybridized carbons (Fsp3) is 0.284. The van der Waals surface area contributed by atoms with Crippen LogP contribution in [0.1, 0.15) is 152 Å². The molecule has 3 unspecified atom stereocenters. The molecular formula is C81H88Br3Cs3F7LiN18O20. The van der Waals surface area contributed by atoms with Gasteiger partial charge in [-0.1, -0.05) is 13.1 Å². The van der Waals surface area contributed by atoms with Crippen molar-refractivity contribution < 1.29 is 367 Å². The van der Waals surface area contributed by atoms with Crippen molar-refractivity contribution in [3.63, 3.8) is 0 Å². The van der Waals surface area contributed by atoms with E-state index in [4.69, 9.17) is 106 Å². The van der Waals surface area contributed by atoms with E-state index in [1.54, 1.807) is 48.5 Å². The standard InChI is InChI=1S/C27H31FN6O5.C26H29FN6O5.C15H14BrFN2O3.2C5H5BrN2O.C2HF3O.CH2O3.3Cs.FH.Li.H2O.H/c1-15(19-12-17(28)9-10-18(19)25(35)37-8)38-21-11-16(13-31-23(21)29)22-20(32-34(7)24(22)30-5)14-33(6)26(36)39-27(2,3)4;1-14(18-11-16(27)8-9-17(18)24(34)35)37-20-10-15(12-30-22(20)28)21-19(31-33(7)23(21)29-5)13-32(6)25(36)38-26(2,3)4;1-8(22-13-5-9(16)7-19-14(13)18)12-6-10(17)3-4-11(12)15(20)21-2;2*6-3-1-4(9)5(7)8-2-3;3-2(4,5)1-6;2-1-4-3;;;;;;;/h9-13,15H,14H2,1-4,6-8H3,(H2,29,31);8-12,14H,13H2,1-4,6-7H3,(H2,28,30)(H,34,35);3-8H,1-2H3,(H2,18,19);2*1-2,9H,(H2,7,8);1H;1,3H;;;;1H;;1H2;/q;;;;;;;3*+1;;+1;;-1/p-3/i11D,13D;10D,12D;5D,7D;1D,2D;;;;;;;;;;. The van der Waals surface area contributed by atoms with Gasteiger partial charge in [0.15, 0.2) is 57.8 Å². The van der Waals surface area contributed by atoms with Crippen LogP contribution in [0.5, 0.6) is 28.7 Å². The molecule has 7 heterocycles. The Kier molecular flexibility index (Phi) is 52.4. The third kappa shape index (κ3) is 42.2. The fourth-order valence-corrected chi connectivity index (χ4v) is 10.8. The molecule has 3 atom stereocenters. The van der Waals surface area contributed by atoms with Crippen LogP contribution in [-0.4, -0.2) is 164 Å². The summed E-state index contributed by atoms with van der Waals surface area (Å²) in [6.07, 6.45) is -9.59. The molecule has 7 aromatic heterocycles. The van der Waals surface area contributed by atoms with E-state index in [1.807, 2.05) is 0 Å². The smallest absolute Gasteiger partial charge is 1.00 e. The second kappa shape index (κ2) is 61.0. The van der Waals surface area contributed by atoms with Gasteiger partial charge in [-0.05, 0) is 206 Å². The number of aryl methyl sites for hydroxylation is 2. The molecular weight excluding hydrogens is 2320 g/mol. The molecule has 0 radical (unpaired) electrons. The maximum Gasteiger partial charge on any atom is 1.00 e. The van der Waals surface area contributed by atoms with Gasteiger partial charge in [0, 0.05) is 86.2 Å². The van der Waals surface area contributed by atoms with E-state index < -0.39 is 114 Å². The summed E-state index contributed by atoms with van der Waals surface area (Å²) < 4.78 is 179. The first-order valence-electron chi connectivity index (χ1n) is 39.6. The van der Waals surface area contributed by atoms with Crippen molar-refractivity contribution in [1.82, 2.24) is 54.3 Å². The van der Waals surface area contributed by atoms with E-state index in [2.05, 4.69) is 102 Å². The van der Waals surface area contributed by atoms with Gasteiger partial charge in [0.2, 0.25) is 6.29 Å². The first-order valence-corrected chi connectivity index (χ1v) is 38.0. The molecule has 10 aromatic rings. The number of halogens is 10. The monoisotopic (exact) mass is 2420 g/mol. The number of aromatic nitrogens is 9. The zero-order valence-electron chi connectivity index (χ0n) is 83.5. The van der Waals surface area contributed by atoms with E-state index in [9.17, 15) is 55.4 Å². The van der Waals surface area contributed by atoms with Gasteiger partial charge in [-0.15, -0.1) is 10.2 Å². The van der Waals surface area contributed by atoms with Crippen LogP contribution >= 0.6 is 47.8 Å². The predicted octanol–water partition coefficient (Wildman–Crippen LogP) is -0.0992. The number of carbonyl (C=O) groups excluding carboxylic acids is 6. The number of pyridine rings is 5.